The number of halogens is 1. The van der Waals surface area contributed by atoms with Crippen molar-refractivity contribution in [3.8, 4) is 0 Å². The van der Waals surface area contributed by atoms with Crippen LogP contribution in [0.15, 0.2) is 60.5 Å². The van der Waals surface area contributed by atoms with Gasteiger partial charge in [0.05, 0.1) is 0 Å². The van der Waals surface area contributed by atoms with Crippen molar-refractivity contribution >= 4 is 15.9 Å². The molecule has 3 rings (SSSR count). The zero-order valence-corrected chi connectivity index (χ0v) is 16.5. The molecule has 28 heavy (non-hydrogen) atoms. The molecule has 0 bridgehead atoms. The molecule has 0 aromatic heterocycles. The zero-order valence-electron chi connectivity index (χ0n) is 15.6. The monoisotopic (exact) mass is 402 g/mol. The van der Waals surface area contributed by atoms with E-state index in [2.05, 4.69) is 11.3 Å². The molecule has 2 aromatic rings. The zero-order chi connectivity index (χ0) is 20.3. The van der Waals surface area contributed by atoms with E-state index in [9.17, 15) is 17.6 Å². The molecule has 1 N–H and O–H groups in total. The summed E-state index contributed by atoms with van der Waals surface area (Å²) < 4.78 is 40.5. The molecule has 1 saturated heterocycles. The number of amides is 1. The lowest BCUT2D eigenvalue weighted by Crippen LogP contribution is -2.40. The number of carbonyl (C=O) groups is 1. The van der Waals surface area contributed by atoms with E-state index in [-0.39, 0.29) is 23.9 Å². The maximum Gasteiger partial charge on any atom is 0.254 e. The Morgan fingerprint density at radius 3 is 2.61 bits per heavy atom. The summed E-state index contributed by atoms with van der Waals surface area (Å²) in [7, 11) is -3.64. The summed E-state index contributed by atoms with van der Waals surface area (Å²) in [6.45, 7) is 5.57. The Morgan fingerprint density at radius 1 is 1.25 bits per heavy atom. The Labute approximate surface area is 164 Å². The second kappa shape index (κ2) is 8.24. The first kappa shape index (κ1) is 20.2. The third-order valence-corrected chi connectivity index (χ3v) is 6.09. The van der Waals surface area contributed by atoms with E-state index in [0.29, 0.717) is 18.5 Å². The van der Waals surface area contributed by atoms with E-state index in [1.54, 1.807) is 24.0 Å². The number of likely N-dealkylation sites (tertiary alicyclic amines) is 1. The average Bonchev–Trinajstić information content (AvgIpc) is 3.06. The molecule has 0 unspecified atom stereocenters. The van der Waals surface area contributed by atoms with Crippen LogP contribution in [-0.2, 0) is 16.4 Å². The fourth-order valence-corrected chi connectivity index (χ4v) is 4.25. The molecule has 0 spiro atoms. The molecule has 1 amide bonds. The smallest absolute Gasteiger partial charge is 0.254 e. The van der Waals surface area contributed by atoms with E-state index in [4.69, 9.17) is 0 Å². The van der Waals surface area contributed by atoms with Crippen LogP contribution in [0.4, 0.5) is 4.39 Å². The molecule has 1 aliphatic heterocycles. The van der Waals surface area contributed by atoms with Crippen LogP contribution in [0.3, 0.4) is 0 Å². The van der Waals surface area contributed by atoms with E-state index in [1.807, 2.05) is 30.3 Å². The van der Waals surface area contributed by atoms with Gasteiger partial charge in [-0.3, -0.25) is 4.79 Å². The van der Waals surface area contributed by atoms with Gasteiger partial charge in [-0.05, 0) is 42.5 Å². The van der Waals surface area contributed by atoms with E-state index >= 15 is 0 Å². The number of rotatable bonds is 6. The third kappa shape index (κ3) is 4.66. The highest BCUT2D eigenvalue weighted by Gasteiger charge is 2.37. The van der Waals surface area contributed by atoms with Crippen molar-refractivity contribution in [2.75, 3.05) is 13.1 Å². The molecule has 1 aliphatic rings. The molecule has 148 valence electrons. The number of hydrogen-bond acceptors (Lipinski definition) is 3. The van der Waals surface area contributed by atoms with Gasteiger partial charge in [0.25, 0.3) is 5.91 Å². The summed E-state index contributed by atoms with van der Waals surface area (Å²) in [5, 5.41) is 0.867. The van der Waals surface area contributed by atoms with Gasteiger partial charge in [0, 0.05) is 30.1 Å². The summed E-state index contributed by atoms with van der Waals surface area (Å²) in [6, 6.07) is 13.6. The van der Waals surface area contributed by atoms with E-state index in [0.717, 1.165) is 11.0 Å². The second-order valence-corrected chi connectivity index (χ2v) is 8.72. The predicted octanol–water partition coefficient (Wildman–Crippen LogP) is 2.88. The van der Waals surface area contributed by atoms with Gasteiger partial charge < -0.3 is 4.90 Å². The van der Waals surface area contributed by atoms with Crippen molar-refractivity contribution in [3.05, 3.63) is 83.0 Å². The largest absolute Gasteiger partial charge is 0.337 e. The fraction of sp³-hybridized carbons (Fsp3) is 0.286. The SMILES string of the molecule is C=CS(=O)(=O)N[C@@H]1CN(C(=O)c2ccc(C)c(F)c2)C[C@H]1Cc1ccccc1. The second-order valence-electron chi connectivity index (χ2n) is 7.06. The first-order valence-electron chi connectivity index (χ1n) is 9.03. The van der Waals surface area contributed by atoms with Gasteiger partial charge in [-0.15, -0.1) is 0 Å². The Bertz CT molecular complexity index is 976. The highest BCUT2D eigenvalue weighted by Crippen LogP contribution is 2.24. The van der Waals surface area contributed by atoms with Crippen molar-refractivity contribution in [2.45, 2.75) is 19.4 Å². The molecule has 0 radical (unpaired) electrons. The number of nitrogens with zero attached hydrogens (tertiary/aromatic N) is 1. The highest BCUT2D eigenvalue weighted by molar-refractivity contribution is 7.92. The molecule has 5 nitrogen and oxygen atoms in total. The lowest BCUT2D eigenvalue weighted by Gasteiger charge is -2.18. The van der Waals surface area contributed by atoms with E-state index in [1.165, 1.54) is 6.07 Å². The summed E-state index contributed by atoms with van der Waals surface area (Å²) in [6.07, 6.45) is 0.622. The molecule has 2 aromatic carbocycles. The molecular formula is C21H23FN2O3S. The van der Waals surface area contributed by atoms with Gasteiger partial charge in [-0.25, -0.2) is 17.5 Å². The standard InChI is InChI=1S/C21H23FN2O3S/c1-3-28(26,27)23-20-14-24(13-18(20)11-16-7-5-4-6-8-16)21(25)17-10-9-15(2)19(22)12-17/h3-10,12,18,20,23H,1,11,13-14H2,2H3/t18-,20-/m1/s1. The molecule has 2 atom stereocenters. The van der Waals surface area contributed by atoms with Gasteiger partial charge >= 0.3 is 0 Å². The minimum atomic E-state index is -3.64. The number of benzene rings is 2. The summed E-state index contributed by atoms with van der Waals surface area (Å²) in [5.41, 5.74) is 1.79. The topological polar surface area (TPSA) is 66.5 Å². The van der Waals surface area contributed by atoms with Gasteiger partial charge in [0.15, 0.2) is 0 Å². The van der Waals surface area contributed by atoms with Crippen LogP contribution >= 0.6 is 0 Å². The van der Waals surface area contributed by atoms with Crippen LogP contribution in [0, 0.1) is 18.7 Å². The molecular weight excluding hydrogens is 379 g/mol. The molecule has 0 aliphatic carbocycles. The van der Waals surface area contributed by atoms with Crippen molar-refractivity contribution in [3.63, 3.8) is 0 Å². The van der Waals surface area contributed by atoms with Gasteiger partial charge in [-0.1, -0.05) is 43.0 Å². The molecule has 7 heteroatoms. The van der Waals surface area contributed by atoms with Gasteiger partial charge in [0.1, 0.15) is 5.82 Å². The van der Waals surface area contributed by atoms with Crippen LogP contribution in [-0.4, -0.2) is 38.4 Å². The highest BCUT2D eigenvalue weighted by atomic mass is 32.2. The molecule has 0 saturated carbocycles. The quantitative estimate of drug-likeness (QED) is 0.808. The minimum Gasteiger partial charge on any atom is -0.337 e. The Morgan fingerprint density at radius 2 is 1.96 bits per heavy atom. The number of nitrogens with one attached hydrogen (secondary N) is 1. The number of aryl methyl sites for hydroxylation is 1. The normalized spacial score (nSPS) is 19.6. The number of sulfonamides is 1. The van der Waals surface area contributed by atoms with Crippen LogP contribution in [0.25, 0.3) is 0 Å². The maximum absolute atomic E-state index is 13.9. The van der Waals surface area contributed by atoms with Crippen LogP contribution in [0.1, 0.15) is 21.5 Å². The average molecular weight is 402 g/mol. The van der Waals surface area contributed by atoms with Crippen LogP contribution in [0.5, 0.6) is 0 Å². The van der Waals surface area contributed by atoms with Crippen molar-refractivity contribution < 1.29 is 17.6 Å². The summed E-state index contributed by atoms with van der Waals surface area (Å²) in [5.74, 6) is -0.844. The lowest BCUT2D eigenvalue weighted by atomic mass is 9.95. The summed E-state index contributed by atoms with van der Waals surface area (Å²) in [4.78, 5) is 14.4. The fourth-order valence-electron chi connectivity index (χ4n) is 3.46. The molecule has 1 fully saturated rings. The molecule has 1 heterocycles. The Hall–Kier alpha value is -2.51. The Kier molecular flexibility index (Phi) is 5.96. The van der Waals surface area contributed by atoms with E-state index < -0.39 is 21.9 Å². The van der Waals surface area contributed by atoms with Gasteiger partial charge in [-0.2, -0.15) is 0 Å². The third-order valence-electron chi connectivity index (χ3n) is 5.02. The number of hydrogen-bond donors (Lipinski definition) is 1. The van der Waals surface area contributed by atoms with Crippen molar-refractivity contribution in [1.82, 2.24) is 9.62 Å². The number of carbonyl (C=O) groups excluding carboxylic acids is 1. The Balaban J connectivity index is 1.82. The first-order valence-corrected chi connectivity index (χ1v) is 10.6. The maximum atomic E-state index is 13.9. The van der Waals surface area contributed by atoms with Crippen LogP contribution < -0.4 is 4.72 Å². The van der Waals surface area contributed by atoms with Crippen LogP contribution in [0.2, 0.25) is 0 Å². The van der Waals surface area contributed by atoms with Crippen molar-refractivity contribution in [1.29, 1.82) is 0 Å². The minimum absolute atomic E-state index is 0.101. The van der Waals surface area contributed by atoms with Gasteiger partial charge in [0.2, 0.25) is 10.0 Å². The van der Waals surface area contributed by atoms with Crippen molar-refractivity contribution in [2.24, 2.45) is 5.92 Å². The predicted molar refractivity (Wildman–Crippen MR) is 107 cm³/mol. The summed E-state index contributed by atoms with van der Waals surface area (Å²) >= 11 is 0. The lowest BCUT2D eigenvalue weighted by molar-refractivity contribution is 0.0785. The first-order chi connectivity index (χ1) is 13.3.